The Hall–Kier alpha value is -0.770. The summed E-state index contributed by atoms with van der Waals surface area (Å²) in [6.45, 7) is 0. The summed E-state index contributed by atoms with van der Waals surface area (Å²) >= 11 is 4.79. The van der Waals surface area contributed by atoms with Gasteiger partial charge in [-0.25, -0.2) is 4.79 Å². The third kappa shape index (κ3) is 3.22. The zero-order chi connectivity index (χ0) is 8.97. The monoisotopic (exact) mass is 222 g/mol. The molecule has 1 N–H and O–H groups in total. The molecule has 0 radical (unpaired) electrons. The van der Waals surface area contributed by atoms with Crippen molar-refractivity contribution < 1.29 is 14.2 Å². The van der Waals surface area contributed by atoms with Crippen LogP contribution >= 0.6 is 24.3 Å². The zero-order valence-corrected chi connectivity index (χ0v) is 8.09. The number of halogens is 2. The number of hydrogen-bond acceptors (Lipinski definition) is 3. The molecule has 3 nitrogen and oxygen atoms in total. The molecule has 0 aliphatic rings. The van der Waals surface area contributed by atoms with Crippen LogP contribution in [0.2, 0.25) is 0 Å². The number of benzene rings is 1. The SMILES string of the molecule is Cl.O=C(OCl)[C@H](O)c1ccccc1. The average molecular weight is 223 g/mol. The second-order valence-corrected chi connectivity index (χ2v) is 2.36. The molecule has 1 aromatic carbocycles. The van der Waals surface area contributed by atoms with Crippen molar-refractivity contribution in [2.24, 2.45) is 0 Å². The maximum atomic E-state index is 10.7. The molecule has 0 bridgehead atoms. The van der Waals surface area contributed by atoms with Crippen molar-refractivity contribution >= 4 is 30.2 Å². The van der Waals surface area contributed by atoms with Crippen LogP contribution in [0.1, 0.15) is 11.7 Å². The van der Waals surface area contributed by atoms with Crippen LogP contribution in [0.4, 0.5) is 0 Å². The molecule has 0 aliphatic heterocycles. The van der Waals surface area contributed by atoms with Crippen LogP contribution in [0.5, 0.6) is 0 Å². The fraction of sp³-hybridized carbons (Fsp3) is 0.125. The second-order valence-electron chi connectivity index (χ2n) is 2.21. The topological polar surface area (TPSA) is 46.5 Å². The number of aliphatic hydroxyl groups excluding tert-OH is 1. The van der Waals surface area contributed by atoms with E-state index in [9.17, 15) is 9.90 Å². The van der Waals surface area contributed by atoms with Crippen molar-refractivity contribution in [3.8, 4) is 0 Å². The molecule has 1 rings (SSSR count). The lowest BCUT2D eigenvalue weighted by atomic mass is 10.1. The number of carbonyl (C=O) groups excluding carboxylic acids is 1. The Balaban J connectivity index is 0.00000144. The maximum Gasteiger partial charge on any atom is 0.357 e. The molecular weight excluding hydrogens is 215 g/mol. The van der Waals surface area contributed by atoms with Gasteiger partial charge < -0.3 is 9.40 Å². The van der Waals surface area contributed by atoms with Crippen LogP contribution in [0, 0.1) is 0 Å². The molecule has 72 valence electrons. The van der Waals surface area contributed by atoms with Gasteiger partial charge in [-0.1, -0.05) is 30.3 Å². The molecule has 0 aliphatic carbocycles. The molecule has 1 atom stereocenters. The fourth-order valence-corrected chi connectivity index (χ4v) is 0.898. The third-order valence-electron chi connectivity index (χ3n) is 1.41. The first kappa shape index (κ1) is 12.2. The summed E-state index contributed by atoms with van der Waals surface area (Å²) < 4.78 is 3.85. The molecule has 0 unspecified atom stereocenters. The van der Waals surface area contributed by atoms with Crippen LogP contribution in [-0.2, 0) is 9.08 Å². The van der Waals surface area contributed by atoms with E-state index < -0.39 is 12.1 Å². The Bertz CT molecular complexity index is 263. The van der Waals surface area contributed by atoms with Gasteiger partial charge in [0.15, 0.2) is 6.10 Å². The minimum Gasteiger partial charge on any atom is -0.377 e. The van der Waals surface area contributed by atoms with Gasteiger partial charge in [-0.05, 0) is 5.56 Å². The highest BCUT2D eigenvalue weighted by Crippen LogP contribution is 2.13. The summed E-state index contributed by atoms with van der Waals surface area (Å²) in [5.41, 5.74) is 0.461. The van der Waals surface area contributed by atoms with Crippen molar-refractivity contribution in [2.75, 3.05) is 0 Å². The van der Waals surface area contributed by atoms with Crippen LogP contribution in [-0.4, -0.2) is 11.1 Å². The van der Waals surface area contributed by atoms with Crippen molar-refractivity contribution in [1.29, 1.82) is 0 Å². The highest BCUT2D eigenvalue weighted by molar-refractivity contribution is 6.13. The maximum absolute atomic E-state index is 10.7. The molecule has 0 aromatic heterocycles. The van der Waals surface area contributed by atoms with E-state index in [1.807, 2.05) is 0 Å². The quantitative estimate of drug-likeness (QED) is 0.831. The Morgan fingerprint density at radius 2 is 1.92 bits per heavy atom. The lowest BCUT2D eigenvalue weighted by Crippen LogP contribution is -2.11. The van der Waals surface area contributed by atoms with Crippen molar-refractivity contribution in [2.45, 2.75) is 6.10 Å². The van der Waals surface area contributed by atoms with Gasteiger partial charge in [0.1, 0.15) is 11.9 Å². The molecule has 0 heterocycles. The van der Waals surface area contributed by atoms with Gasteiger partial charge in [0.05, 0.1) is 0 Å². The van der Waals surface area contributed by atoms with Gasteiger partial charge in [0.2, 0.25) is 0 Å². The number of hydrogen-bond donors (Lipinski definition) is 1. The van der Waals surface area contributed by atoms with Crippen molar-refractivity contribution in [3.63, 3.8) is 0 Å². The van der Waals surface area contributed by atoms with Gasteiger partial charge in [-0.15, -0.1) is 12.4 Å². The first-order valence-electron chi connectivity index (χ1n) is 3.31. The highest BCUT2D eigenvalue weighted by atomic mass is 35.5. The van der Waals surface area contributed by atoms with Gasteiger partial charge >= 0.3 is 5.97 Å². The smallest absolute Gasteiger partial charge is 0.357 e. The highest BCUT2D eigenvalue weighted by Gasteiger charge is 2.17. The predicted molar refractivity (Wildman–Crippen MR) is 50.6 cm³/mol. The van der Waals surface area contributed by atoms with Crippen LogP contribution in [0.15, 0.2) is 30.3 Å². The van der Waals surface area contributed by atoms with Crippen molar-refractivity contribution in [3.05, 3.63) is 35.9 Å². The first-order chi connectivity index (χ1) is 5.75. The third-order valence-corrected chi connectivity index (χ3v) is 1.57. The predicted octanol–water partition coefficient (Wildman–Crippen LogP) is 1.84. The van der Waals surface area contributed by atoms with Gasteiger partial charge in [-0.2, -0.15) is 0 Å². The summed E-state index contributed by atoms with van der Waals surface area (Å²) in [7, 11) is 0. The Kier molecular flexibility index (Phi) is 5.46. The van der Waals surface area contributed by atoms with Gasteiger partial charge in [0.25, 0.3) is 0 Å². The molecule has 13 heavy (non-hydrogen) atoms. The van der Waals surface area contributed by atoms with E-state index in [2.05, 4.69) is 4.29 Å². The molecule has 5 heteroatoms. The zero-order valence-electron chi connectivity index (χ0n) is 6.51. The van der Waals surface area contributed by atoms with E-state index in [0.29, 0.717) is 5.56 Å². The van der Waals surface area contributed by atoms with E-state index >= 15 is 0 Å². The lowest BCUT2D eigenvalue weighted by Gasteiger charge is -2.05. The summed E-state index contributed by atoms with van der Waals surface area (Å²) in [4.78, 5) is 10.7. The largest absolute Gasteiger partial charge is 0.377 e. The van der Waals surface area contributed by atoms with Crippen LogP contribution in [0.25, 0.3) is 0 Å². The van der Waals surface area contributed by atoms with E-state index in [0.717, 1.165) is 0 Å². The first-order valence-corrected chi connectivity index (χ1v) is 3.62. The van der Waals surface area contributed by atoms with Gasteiger partial charge in [0, 0.05) is 0 Å². The fourth-order valence-electron chi connectivity index (χ4n) is 0.814. The Labute approximate surface area is 86.9 Å². The normalized spacial score (nSPS) is 11.2. The standard InChI is InChI=1S/C8H7ClO3.ClH/c9-12-8(11)7(10)6-4-2-1-3-5-6;/h1-5,7,10H;1H/t7-;/m1./s1. The Morgan fingerprint density at radius 3 is 2.38 bits per heavy atom. The molecule has 1 aromatic rings. The molecule has 0 fully saturated rings. The van der Waals surface area contributed by atoms with E-state index in [1.54, 1.807) is 30.3 Å². The number of aliphatic hydroxyl groups is 1. The second kappa shape index (κ2) is 5.80. The molecular formula is C8H8Cl2O3. The molecule has 0 saturated heterocycles. The van der Waals surface area contributed by atoms with Crippen molar-refractivity contribution in [1.82, 2.24) is 0 Å². The summed E-state index contributed by atoms with van der Waals surface area (Å²) in [6.07, 6.45) is -1.30. The van der Waals surface area contributed by atoms with E-state index in [1.165, 1.54) is 0 Å². The molecule has 0 saturated carbocycles. The average Bonchev–Trinajstić information content (AvgIpc) is 2.17. The summed E-state index contributed by atoms with van der Waals surface area (Å²) in [5.74, 6) is -0.872. The minimum absolute atomic E-state index is 0. The summed E-state index contributed by atoms with van der Waals surface area (Å²) in [5, 5.41) is 9.23. The van der Waals surface area contributed by atoms with Crippen LogP contribution < -0.4 is 0 Å². The minimum atomic E-state index is -1.30. The van der Waals surface area contributed by atoms with E-state index in [-0.39, 0.29) is 12.4 Å². The summed E-state index contributed by atoms with van der Waals surface area (Å²) in [6, 6.07) is 8.42. The van der Waals surface area contributed by atoms with E-state index in [4.69, 9.17) is 11.9 Å². The number of carbonyl (C=O) groups is 1. The van der Waals surface area contributed by atoms with Crippen LogP contribution in [0.3, 0.4) is 0 Å². The molecule has 0 amide bonds. The molecule has 0 spiro atoms. The van der Waals surface area contributed by atoms with Gasteiger partial charge in [-0.3, -0.25) is 0 Å². The number of rotatable bonds is 2. The Morgan fingerprint density at radius 1 is 1.38 bits per heavy atom. The lowest BCUT2D eigenvalue weighted by molar-refractivity contribution is -0.143.